The van der Waals surface area contributed by atoms with Crippen molar-refractivity contribution >= 4 is 11.6 Å². The summed E-state index contributed by atoms with van der Waals surface area (Å²) in [6.45, 7) is 3.06. The molecule has 6 nitrogen and oxygen atoms in total. The van der Waals surface area contributed by atoms with Crippen molar-refractivity contribution in [3.63, 3.8) is 0 Å². The second kappa shape index (κ2) is 8.86. The van der Waals surface area contributed by atoms with E-state index in [1.807, 2.05) is 65.6 Å². The average molecular weight is 403 g/mol. The van der Waals surface area contributed by atoms with Crippen molar-refractivity contribution in [2.75, 3.05) is 19.0 Å². The largest absolute Gasteiger partial charge is 0.496 e. The van der Waals surface area contributed by atoms with Crippen molar-refractivity contribution < 1.29 is 14.3 Å². The first-order valence-corrected chi connectivity index (χ1v) is 10.1. The monoisotopic (exact) mass is 403 g/mol. The number of ether oxygens (including phenoxy) is 2. The average Bonchev–Trinajstić information content (AvgIpc) is 2.80. The van der Waals surface area contributed by atoms with E-state index in [1.165, 1.54) is 0 Å². The summed E-state index contributed by atoms with van der Waals surface area (Å²) in [6.07, 6.45) is 2.31. The van der Waals surface area contributed by atoms with Gasteiger partial charge in [0.1, 0.15) is 18.5 Å². The minimum atomic E-state index is -0.258. The Hall–Kier alpha value is -3.54. The lowest BCUT2D eigenvalue weighted by Crippen LogP contribution is -2.43. The molecule has 0 fully saturated rings. The van der Waals surface area contributed by atoms with Gasteiger partial charge in [0.15, 0.2) is 0 Å². The van der Waals surface area contributed by atoms with Gasteiger partial charge in [0, 0.05) is 30.1 Å². The number of pyridine rings is 1. The molecule has 0 spiro atoms. The van der Waals surface area contributed by atoms with E-state index in [4.69, 9.17) is 9.47 Å². The second-order valence-electron chi connectivity index (χ2n) is 7.12. The summed E-state index contributed by atoms with van der Waals surface area (Å²) in [5.41, 5.74) is 3.42. The molecule has 3 aromatic rings. The molecule has 30 heavy (non-hydrogen) atoms. The minimum Gasteiger partial charge on any atom is -0.496 e. The molecular weight excluding hydrogens is 378 g/mol. The molecule has 1 N–H and O–H groups in total. The third-order valence-electron chi connectivity index (χ3n) is 5.12. The zero-order valence-corrected chi connectivity index (χ0v) is 17.2. The van der Waals surface area contributed by atoms with Crippen molar-refractivity contribution in [1.82, 2.24) is 9.88 Å². The molecular formula is C24H25N3O3. The van der Waals surface area contributed by atoms with Crippen LogP contribution in [0.3, 0.4) is 0 Å². The van der Waals surface area contributed by atoms with Crippen LogP contribution < -0.4 is 14.8 Å². The zero-order chi connectivity index (χ0) is 20.9. The summed E-state index contributed by atoms with van der Waals surface area (Å²) in [5, 5.41) is 3.53. The molecule has 1 aliphatic rings. The maximum Gasteiger partial charge on any atom is 0.257 e. The van der Waals surface area contributed by atoms with Crippen molar-refractivity contribution in [3.8, 4) is 11.6 Å². The van der Waals surface area contributed by atoms with E-state index in [-0.39, 0.29) is 12.1 Å². The van der Waals surface area contributed by atoms with Crippen molar-refractivity contribution in [3.05, 3.63) is 83.6 Å². The molecule has 0 saturated heterocycles. The van der Waals surface area contributed by atoms with Crippen LogP contribution in [0.1, 0.15) is 41.0 Å². The molecule has 6 heteroatoms. The molecule has 0 aliphatic carbocycles. The third-order valence-corrected chi connectivity index (χ3v) is 5.12. The number of benzene rings is 2. The van der Waals surface area contributed by atoms with Gasteiger partial charge in [-0.3, -0.25) is 4.79 Å². The summed E-state index contributed by atoms with van der Waals surface area (Å²) in [4.78, 5) is 19.2. The summed E-state index contributed by atoms with van der Waals surface area (Å²) >= 11 is 0. The van der Waals surface area contributed by atoms with E-state index >= 15 is 0 Å². The Morgan fingerprint density at radius 3 is 2.70 bits per heavy atom. The molecule has 0 bridgehead atoms. The molecule has 1 aromatic heterocycles. The van der Waals surface area contributed by atoms with Gasteiger partial charge >= 0.3 is 0 Å². The number of rotatable bonds is 7. The van der Waals surface area contributed by atoms with Crippen LogP contribution in [-0.4, -0.2) is 29.4 Å². The molecule has 0 radical (unpaired) electrons. The number of fused-ring (bicyclic) bond motifs is 1. The smallest absolute Gasteiger partial charge is 0.257 e. The summed E-state index contributed by atoms with van der Waals surface area (Å²) in [5.74, 6) is 1.33. The van der Waals surface area contributed by atoms with Crippen LogP contribution in [0.4, 0.5) is 5.69 Å². The van der Waals surface area contributed by atoms with Gasteiger partial charge in [-0.25, -0.2) is 4.98 Å². The topological polar surface area (TPSA) is 63.7 Å². The first-order valence-electron chi connectivity index (χ1n) is 10.1. The molecule has 4 rings (SSSR count). The number of anilines is 1. The Morgan fingerprint density at radius 1 is 1.10 bits per heavy atom. The maximum atomic E-state index is 13.1. The lowest BCUT2D eigenvalue weighted by Gasteiger charge is -2.38. The van der Waals surface area contributed by atoms with Crippen LogP contribution in [-0.2, 0) is 6.61 Å². The first-order chi connectivity index (χ1) is 14.7. The van der Waals surface area contributed by atoms with E-state index in [9.17, 15) is 4.79 Å². The van der Waals surface area contributed by atoms with Gasteiger partial charge in [0.25, 0.3) is 5.91 Å². The zero-order valence-electron chi connectivity index (χ0n) is 17.2. The second-order valence-corrected chi connectivity index (χ2v) is 7.12. The van der Waals surface area contributed by atoms with Gasteiger partial charge in [-0.05, 0) is 42.3 Å². The number of methoxy groups -OCH3 is 1. The Bertz CT molecular complexity index is 1020. The predicted octanol–water partition coefficient (Wildman–Crippen LogP) is 4.65. The molecule has 1 aliphatic heterocycles. The number of hydrogen-bond donors (Lipinski definition) is 1. The molecule has 1 atom stereocenters. The SMILES string of the molecule is CCCN1C(=O)c2ccccc2N[C@@H]1c1ccc(OC)c(COc2ccccn2)c1. The number of carbonyl (C=O) groups excluding carboxylic acids is 1. The fourth-order valence-corrected chi connectivity index (χ4v) is 3.69. The highest BCUT2D eigenvalue weighted by Gasteiger charge is 2.32. The van der Waals surface area contributed by atoms with Gasteiger partial charge in [0.05, 0.1) is 12.7 Å². The van der Waals surface area contributed by atoms with E-state index in [0.717, 1.165) is 29.0 Å². The van der Waals surface area contributed by atoms with Crippen LogP contribution in [0, 0.1) is 0 Å². The van der Waals surface area contributed by atoms with Crippen LogP contribution in [0.5, 0.6) is 11.6 Å². The molecule has 2 aromatic carbocycles. The predicted molar refractivity (Wildman–Crippen MR) is 116 cm³/mol. The highest BCUT2D eigenvalue weighted by Crippen LogP contribution is 2.35. The molecule has 154 valence electrons. The molecule has 2 heterocycles. The van der Waals surface area contributed by atoms with Gasteiger partial charge in [-0.2, -0.15) is 0 Å². The van der Waals surface area contributed by atoms with Crippen LogP contribution >= 0.6 is 0 Å². The fourth-order valence-electron chi connectivity index (χ4n) is 3.69. The minimum absolute atomic E-state index is 0.0401. The summed E-state index contributed by atoms with van der Waals surface area (Å²) < 4.78 is 11.4. The van der Waals surface area contributed by atoms with E-state index in [0.29, 0.717) is 24.6 Å². The number of amides is 1. The van der Waals surface area contributed by atoms with Gasteiger partial charge in [0.2, 0.25) is 5.88 Å². The Kier molecular flexibility index (Phi) is 5.84. The number of para-hydroxylation sites is 1. The first kappa shape index (κ1) is 19.8. The van der Waals surface area contributed by atoms with Gasteiger partial charge in [-0.1, -0.05) is 31.2 Å². The quantitative estimate of drug-likeness (QED) is 0.622. The maximum absolute atomic E-state index is 13.1. The van der Waals surface area contributed by atoms with Crippen LogP contribution in [0.2, 0.25) is 0 Å². The Labute approximate surface area is 176 Å². The van der Waals surface area contributed by atoms with Crippen molar-refractivity contribution in [2.45, 2.75) is 26.1 Å². The van der Waals surface area contributed by atoms with Crippen LogP contribution in [0.15, 0.2) is 66.9 Å². The molecule has 1 amide bonds. The van der Waals surface area contributed by atoms with Crippen LogP contribution in [0.25, 0.3) is 0 Å². The highest BCUT2D eigenvalue weighted by atomic mass is 16.5. The van der Waals surface area contributed by atoms with Crippen molar-refractivity contribution in [2.24, 2.45) is 0 Å². The summed E-state index contributed by atoms with van der Waals surface area (Å²) in [6, 6.07) is 19.1. The Balaban J connectivity index is 1.65. The van der Waals surface area contributed by atoms with E-state index in [1.54, 1.807) is 13.3 Å². The van der Waals surface area contributed by atoms with Gasteiger partial charge < -0.3 is 19.7 Å². The number of nitrogens with zero attached hydrogens (tertiary/aromatic N) is 2. The number of nitrogens with one attached hydrogen (secondary N) is 1. The van der Waals surface area contributed by atoms with E-state index < -0.39 is 0 Å². The normalized spacial score (nSPS) is 15.3. The molecule has 0 saturated carbocycles. The lowest BCUT2D eigenvalue weighted by atomic mass is 10.0. The number of carbonyl (C=O) groups is 1. The van der Waals surface area contributed by atoms with Crippen molar-refractivity contribution in [1.29, 1.82) is 0 Å². The standard InChI is InChI=1S/C24H25N3O3/c1-3-14-27-23(26-20-9-5-4-8-19(20)24(27)28)17-11-12-21(29-2)18(15-17)16-30-22-10-6-7-13-25-22/h4-13,15,23,26H,3,14,16H2,1-2H3/t23-/m0/s1. The molecule has 0 unspecified atom stereocenters. The lowest BCUT2D eigenvalue weighted by molar-refractivity contribution is 0.0683. The number of hydrogen-bond acceptors (Lipinski definition) is 5. The highest BCUT2D eigenvalue weighted by molar-refractivity contribution is 6.01. The Morgan fingerprint density at radius 2 is 1.93 bits per heavy atom. The summed E-state index contributed by atoms with van der Waals surface area (Å²) in [7, 11) is 1.64. The number of aromatic nitrogens is 1. The third kappa shape index (κ3) is 3.94. The van der Waals surface area contributed by atoms with Gasteiger partial charge in [-0.15, -0.1) is 0 Å². The fraction of sp³-hybridized carbons (Fsp3) is 0.250. The van der Waals surface area contributed by atoms with E-state index in [2.05, 4.69) is 17.2 Å².